The Bertz CT molecular complexity index is 1280. The maximum absolute atomic E-state index is 4.58. The van der Waals surface area contributed by atoms with Crippen LogP contribution in [0.15, 0.2) is 116 Å². The zero-order valence-electron chi connectivity index (χ0n) is 30.2. The van der Waals surface area contributed by atoms with Crippen molar-refractivity contribution < 1.29 is 0 Å². The van der Waals surface area contributed by atoms with E-state index < -0.39 is 0 Å². The molecule has 0 aliphatic carbocycles. The molecule has 2 aromatic carbocycles. The number of likely N-dealkylation sites (tertiary alicyclic amines) is 1. The molecule has 0 bridgehead atoms. The monoisotopic (exact) mass is 637 g/mol. The SMILES string of the molecule is C=C(Cc1ccc(CN2CCCCC2)cc1)N[C@@H](CCc1ccccc1)C(=C)N[C@@H](CCC)C(=C)N[C@@H](CC(C)C)C(=C)C(=C)CC. The van der Waals surface area contributed by atoms with Crippen LogP contribution in [-0.2, 0) is 19.4 Å². The first-order valence-corrected chi connectivity index (χ1v) is 18.2. The van der Waals surface area contributed by atoms with Crippen molar-refractivity contribution in [3.8, 4) is 0 Å². The molecule has 1 heterocycles. The summed E-state index contributed by atoms with van der Waals surface area (Å²) in [4.78, 5) is 2.58. The summed E-state index contributed by atoms with van der Waals surface area (Å²) in [6.07, 6.45) is 10.5. The Labute approximate surface area is 288 Å². The molecule has 2 aromatic rings. The van der Waals surface area contributed by atoms with Crippen LogP contribution in [0, 0.1) is 5.92 Å². The van der Waals surface area contributed by atoms with Crippen molar-refractivity contribution in [2.45, 2.75) is 117 Å². The van der Waals surface area contributed by atoms with Gasteiger partial charge in [0, 0.05) is 30.1 Å². The molecule has 4 heteroatoms. The number of hydrogen-bond donors (Lipinski definition) is 3. The molecule has 0 saturated carbocycles. The summed E-state index contributed by atoms with van der Waals surface area (Å²) in [6, 6.07) is 20.0. The van der Waals surface area contributed by atoms with E-state index in [1.165, 1.54) is 49.0 Å². The molecule has 0 radical (unpaired) electrons. The van der Waals surface area contributed by atoms with Gasteiger partial charge >= 0.3 is 0 Å². The van der Waals surface area contributed by atoms with E-state index in [1.54, 1.807) is 0 Å². The van der Waals surface area contributed by atoms with Crippen LogP contribution in [0.1, 0.15) is 95.8 Å². The van der Waals surface area contributed by atoms with Crippen molar-refractivity contribution in [3.05, 3.63) is 132 Å². The number of piperidine rings is 1. The predicted octanol–water partition coefficient (Wildman–Crippen LogP) is 9.63. The van der Waals surface area contributed by atoms with Crippen LogP contribution in [0.2, 0.25) is 0 Å². The van der Waals surface area contributed by atoms with Crippen LogP contribution in [0.3, 0.4) is 0 Å². The fraction of sp³-hybridized carbons (Fsp3) is 0.488. The normalized spacial score (nSPS) is 15.3. The molecule has 1 fully saturated rings. The summed E-state index contributed by atoms with van der Waals surface area (Å²) in [7, 11) is 0. The topological polar surface area (TPSA) is 39.3 Å². The minimum Gasteiger partial charge on any atom is -0.380 e. The van der Waals surface area contributed by atoms with Crippen LogP contribution >= 0.6 is 0 Å². The van der Waals surface area contributed by atoms with Crippen LogP contribution in [-0.4, -0.2) is 36.1 Å². The fourth-order valence-corrected chi connectivity index (χ4v) is 6.48. The largest absolute Gasteiger partial charge is 0.380 e. The number of nitrogens with one attached hydrogen (secondary N) is 3. The maximum Gasteiger partial charge on any atom is 0.0654 e. The Morgan fingerprint density at radius 3 is 1.89 bits per heavy atom. The molecule has 3 atom stereocenters. The number of allylic oxidation sites excluding steroid dienone is 1. The highest BCUT2D eigenvalue weighted by atomic mass is 15.1. The van der Waals surface area contributed by atoms with Crippen molar-refractivity contribution >= 4 is 0 Å². The number of rotatable bonds is 22. The Kier molecular flexibility index (Phi) is 16.1. The number of benzene rings is 2. The first kappa shape index (κ1) is 38.0. The van der Waals surface area contributed by atoms with E-state index in [1.807, 2.05) is 0 Å². The molecule has 3 rings (SSSR count). The minimum absolute atomic E-state index is 0.0227. The minimum atomic E-state index is 0.0227. The van der Waals surface area contributed by atoms with Crippen LogP contribution in [0.5, 0.6) is 0 Å². The molecule has 0 unspecified atom stereocenters. The van der Waals surface area contributed by atoms with Gasteiger partial charge in [0.25, 0.3) is 0 Å². The van der Waals surface area contributed by atoms with Gasteiger partial charge in [0.15, 0.2) is 0 Å². The van der Waals surface area contributed by atoms with Gasteiger partial charge in [-0.25, -0.2) is 0 Å². The highest BCUT2D eigenvalue weighted by Crippen LogP contribution is 2.22. The predicted molar refractivity (Wildman–Crippen MR) is 205 cm³/mol. The van der Waals surface area contributed by atoms with E-state index in [4.69, 9.17) is 0 Å². The van der Waals surface area contributed by atoms with E-state index in [0.717, 1.165) is 79.7 Å². The third-order valence-corrected chi connectivity index (χ3v) is 9.38. The van der Waals surface area contributed by atoms with Gasteiger partial charge in [-0.15, -0.1) is 0 Å². The molecule has 1 aliphatic rings. The second kappa shape index (κ2) is 20.0. The lowest BCUT2D eigenvalue weighted by molar-refractivity contribution is 0.221. The quantitative estimate of drug-likeness (QED) is 0.113. The molecule has 256 valence electrons. The van der Waals surface area contributed by atoms with Crippen molar-refractivity contribution in [1.29, 1.82) is 0 Å². The van der Waals surface area contributed by atoms with Gasteiger partial charge in [-0.2, -0.15) is 0 Å². The molecule has 0 spiro atoms. The lowest BCUT2D eigenvalue weighted by Crippen LogP contribution is -2.45. The van der Waals surface area contributed by atoms with E-state index in [9.17, 15) is 0 Å². The van der Waals surface area contributed by atoms with Gasteiger partial charge in [-0.3, -0.25) is 4.90 Å². The smallest absolute Gasteiger partial charge is 0.0654 e. The molecule has 0 amide bonds. The number of aryl methyl sites for hydroxylation is 1. The van der Waals surface area contributed by atoms with Gasteiger partial charge in [-0.1, -0.05) is 134 Å². The summed E-state index contributed by atoms with van der Waals surface area (Å²) >= 11 is 0. The summed E-state index contributed by atoms with van der Waals surface area (Å²) in [5, 5.41) is 11.3. The van der Waals surface area contributed by atoms with Gasteiger partial charge in [-0.05, 0) is 86.2 Å². The van der Waals surface area contributed by atoms with Gasteiger partial charge < -0.3 is 16.0 Å². The first-order valence-electron chi connectivity index (χ1n) is 18.2. The average molecular weight is 637 g/mol. The average Bonchev–Trinajstić information content (AvgIpc) is 3.06. The second-order valence-corrected chi connectivity index (χ2v) is 14.0. The summed E-state index contributed by atoms with van der Waals surface area (Å²) < 4.78 is 0. The van der Waals surface area contributed by atoms with Crippen molar-refractivity contribution in [1.82, 2.24) is 20.9 Å². The molecule has 4 nitrogen and oxygen atoms in total. The van der Waals surface area contributed by atoms with E-state index in [0.29, 0.717) is 5.92 Å². The number of nitrogens with zero attached hydrogens (tertiary/aromatic N) is 1. The Morgan fingerprint density at radius 2 is 1.30 bits per heavy atom. The van der Waals surface area contributed by atoms with E-state index in [-0.39, 0.29) is 18.1 Å². The van der Waals surface area contributed by atoms with Crippen LogP contribution in [0.25, 0.3) is 0 Å². The highest BCUT2D eigenvalue weighted by Gasteiger charge is 2.23. The van der Waals surface area contributed by atoms with Crippen LogP contribution in [0.4, 0.5) is 0 Å². The number of hydrogen-bond acceptors (Lipinski definition) is 4. The van der Waals surface area contributed by atoms with Crippen LogP contribution < -0.4 is 16.0 Å². The zero-order chi connectivity index (χ0) is 34.2. The fourth-order valence-electron chi connectivity index (χ4n) is 6.48. The lowest BCUT2D eigenvalue weighted by Gasteiger charge is -2.33. The molecule has 47 heavy (non-hydrogen) atoms. The van der Waals surface area contributed by atoms with E-state index >= 15 is 0 Å². The highest BCUT2D eigenvalue weighted by molar-refractivity contribution is 5.32. The first-order chi connectivity index (χ1) is 22.6. The molecule has 1 saturated heterocycles. The van der Waals surface area contributed by atoms with Crippen molar-refractivity contribution in [2.24, 2.45) is 5.92 Å². The Balaban J connectivity index is 1.69. The summed E-state index contributed by atoms with van der Waals surface area (Å²) in [5.41, 5.74) is 9.12. The molecule has 0 aromatic heterocycles. The zero-order valence-corrected chi connectivity index (χ0v) is 30.2. The molecular formula is C43H64N4. The summed E-state index contributed by atoms with van der Waals surface area (Å²) in [5.74, 6) is 0.526. The Morgan fingerprint density at radius 1 is 0.702 bits per heavy atom. The van der Waals surface area contributed by atoms with Gasteiger partial charge in [0.2, 0.25) is 0 Å². The molecular weight excluding hydrogens is 573 g/mol. The van der Waals surface area contributed by atoms with Gasteiger partial charge in [0.1, 0.15) is 0 Å². The third-order valence-electron chi connectivity index (χ3n) is 9.38. The van der Waals surface area contributed by atoms with E-state index in [2.05, 4.69) is 136 Å². The lowest BCUT2D eigenvalue weighted by atomic mass is 9.91. The maximum atomic E-state index is 4.58. The van der Waals surface area contributed by atoms with Crippen molar-refractivity contribution in [3.63, 3.8) is 0 Å². The standard InChI is InChI=1S/C43H64N4/c1-10-18-41(36(8)46-43(29-32(3)4)35(7)33(5)11-2)45-37(9)42(26-25-38-19-14-12-15-20-38)44-34(6)30-39-21-23-40(24-22-39)31-47-27-16-13-17-28-47/h12,14-15,19-24,32,41-46H,5-11,13,16-18,25-31H2,1-4H3/t41-,42-,43-/m0/s1. The Hall–Kier alpha value is -3.50. The van der Waals surface area contributed by atoms with Gasteiger partial charge in [0.05, 0.1) is 18.1 Å². The second-order valence-electron chi connectivity index (χ2n) is 14.0. The summed E-state index contributed by atoms with van der Waals surface area (Å²) in [6.45, 7) is 34.6. The van der Waals surface area contributed by atoms with Crippen molar-refractivity contribution in [2.75, 3.05) is 13.1 Å². The molecule has 3 N–H and O–H groups in total. The molecule has 1 aliphatic heterocycles. The third kappa shape index (κ3) is 13.3.